The molecule has 2 aromatic heterocycles. The Bertz CT molecular complexity index is 1480. The molecular weight excluding hydrogens is 435 g/mol. The number of benzene rings is 3. The summed E-state index contributed by atoms with van der Waals surface area (Å²) in [6, 6.07) is 30.2. The van der Waals surface area contributed by atoms with Crippen molar-refractivity contribution in [1.82, 2.24) is 4.40 Å². The van der Waals surface area contributed by atoms with Gasteiger partial charge in [-0.15, -0.1) is 0 Å². The zero-order valence-corrected chi connectivity index (χ0v) is 20.6. The Kier molecular flexibility index (Phi) is 6.98. The van der Waals surface area contributed by atoms with Gasteiger partial charge in [-0.25, -0.2) is 0 Å². The fourth-order valence-electron chi connectivity index (χ4n) is 4.02. The summed E-state index contributed by atoms with van der Waals surface area (Å²) >= 11 is 0. The molecule has 5 nitrogen and oxygen atoms in total. The Morgan fingerprint density at radius 1 is 0.765 bits per heavy atom. The summed E-state index contributed by atoms with van der Waals surface area (Å²) < 4.78 is 2.01. The molecule has 0 unspecified atom stereocenters. The van der Waals surface area contributed by atoms with Gasteiger partial charge in [0.25, 0.3) is 5.69 Å². The first-order chi connectivity index (χ1) is 16.1. The van der Waals surface area contributed by atoms with Crippen molar-refractivity contribution in [2.45, 2.75) is 0 Å². The molecule has 1 N–H and O–H groups in total. The molecule has 5 rings (SSSR count). The molecule has 0 fully saturated rings. The number of aromatic nitrogens is 1. The molecule has 0 bridgehead atoms. The van der Waals surface area contributed by atoms with Crippen LogP contribution in [0.3, 0.4) is 0 Å². The predicted octanol–water partition coefficient (Wildman–Crippen LogP) is 6.68. The monoisotopic (exact) mass is 455 g/mol. The molecule has 0 aliphatic rings. The summed E-state index contributed by atoms with van der Waals surface area (Å²) in [5, 5.41) is 22.1. The van der Waals surface area contributed by atoms with Crippen LogP contribution >= 0.6 is 0 Å². The van der Waals surface area contributed by atoms with Crippen molar-refractivity contribution < 1.29 is 10.0 Å². The molecule has 3 aromatic carbocycles. The van der Waals surface area contributed by atoms with Crippen LogP contribution in [0.5, 0.6) is 5.75 Å². The van der Waals surface area contributed by atoms with Gasteiger partial charge in [-0.05, 0) is 46.5 Å². The molecule has 2 heterocycles. The second kappa shape index (κ2) is 10.1. The average Bonchev–Trinajstić information content (AvgIpc) is 3.16. The van der Waals surface area contributed by atoms with E-state index in [0.29, 0.717) is 5.52 Å². The van der Waals surface area contributed by atoms with Crippen LogP contribution in [0, 0.1) is 10.1 Å². The van der Waals surface area contributed by atoms with Crippen LogP contribution in [-0.2, 0) is 0 Å². The van der Waals surface area contributed by atoms with E-state index in [0.717, 1.165) is 33.5 Å². The molecule has 0 spiro atoms. The first-order valence-electron chi connectivity index (χ1n) is 10.5. The second-order valence-electron chi connectivity index (χ2n) is 7.70. The van der Waals surface area contributed by atoms with Gasteiger partial charge in [0.1, 0.15) is 5.75 Å². The average molecular weight is 455 g/mol. The van der Waals surface area contributed by atoms with E-state index in [2.05, 4.69) is 0 Å². The Morgan fingerprint density at radius 2 is 1.35 bits per heavy atom. The van der Waals surface area contributed by atoms with Crippen LogP contribution in [0.2, 0.25) is 0 Å². The number of nitro benzene ring substituents is 1. The van der Waals surface area contributed by atoms with E-state index in [-0.39, 0.29) is 41.0 Å². The molecule has 0 saturated carbocycles. The van der Waals surface area contributed by atoms with Crippen molar-refractivity contribution >= 4 is 52.9 Å². The van der Waals surface area contributed by atoms with Crippen molar-refractivity contribution in [3.8, 4) is 28.1 Å². The van der Waals surface area contributed by atoms with Crippen LogP contribution in [0.15, 0.2) is 103 Å². The van der Waals surface area contributed by atoms with E-state index < -0.39 is 4.92 Å². The van der Waals surface area contributed by atoms with E-state index in [4.69, 9.17) is 0 Å². The third kappa shape index (κ3) is 4.54. The van der Waals surface area contributed by atoms with Gasteiger partial charge in [0.2, 0.25) is 0 Å². The maximum Gasteiger partial charge on any atom is 0.269 e. The zero-order chi connectivity index (χ0) is 22.8. The predicted molar refractivity (Wildman–Crippen MR) is 138 cm³/mol. The SMILES string of the molecule is O=[N+]([O-])c1ccc(C=Cc2ccn3c(-c4ccccc4)c(-c4ccccc4)c(O)c3c2)cc1.[Na]. The maximum atomic E-state index is 11.3. The number of nitro groups is 1. The smallest absolute Gasteiger partial charge is 0.269 e. The molecule has 5 aromatic rings. The van der Waals surface area contributed by atoms with Gasteiger partial charge < -0.3 is 9.51 Å². The number of fused-ring (bicyclic) bond motifs is 1. The normalized spacial score (nSPS) is 10.9. The van der Waals surface area contributed by atoms with Crippen LogP contribution < -0.4 is 0 Å². The quantitative estimate of drug-likeness (QED) is 0.183. The van der Waals surface area contributed by atoms with Gasteiger partial charge in [0, 0.05) is 47.9 Å². The fraction of sp³-hybridized carbons (Fsp3) is 0. The Labute approximate surface area is 219 Å². The summed E-state index contributed by atoms with van der Waals surface area (Å²) in [6.45, 7) is 0. The number of nitrogens with zero attached hydrogens (tertiary/aromatic N) is 2. The molecule has 6 heteroatoms. The summed E-state index contributed by atoms with van der Waals surface area (Å²) in [5.74, 6) is 0.227. The van der Waals surface area contributed by atoms with E-state index in [1.54, 1.807) is 12.1 Å². The van der Waals surface area contributed by atoms with E-state index >= 15 is 0 Å². The minimum absolute atomic E-state index is 0. The van der Waals surface area contributed by atoms with Gasteiger partial charge >= 0.3 is 0 Å². The van der Waals surface area contributed by atoms with Crippen molar-refractivity contribution in [3.63, 3.8) is 0 Å². The van der Waals surface area contributed by atoms with Crippen LogP contribution in [-0.4, -0.2) is 44.0 Å². The summed E-state index contributed by atoms with van der Waals surface area (Å²) in [4.78, 5) is 10.4. The van der Waals surface area contributed by atoms with E-state index in [1.165, 1.54) is 12.1 Å². The van der Waals surface area contributed by atoms with Gasteiger partial charge in [-0.2, -0.15) is 0 Å². The van der Waals surface area contributed by atoms with Gasteiger partial charge in [-0.3, -0.25) is 10.1 Å². The number of non-ortho nitro benzene ring substituents is 1. The van der Waals surface area contributed by atoms with E-state index in [9.17, 15) is 15.2 Å². The summed E-state index contributed by atoms with van der Waals surface area (Å²) in [6.07, 6.45) is 5.78. The van der Waals surface area contributed by atoms with Crippen molar-refractivity contribution in [2.24, 2.45) is 0 Å². The molecule has 34 heavy (non-hydrogen) atoms. The van der Waals surface area contributed by atoms with Gasteiger partial charge in [0.15, 0.2) is 0 Å². The molecule has 0 saturated heterocycles. The molecule has 1 radical (unpaired) electrons. The van der Waals surface area contributed by atoms with Crippen LogP contribution in [0.1, 0.15) is 11.1 Å². The molecule has 0 aliphatic carbocycles. The number of pyridine rings is 1. The molecule has 0 atom stereocenters. The standard InChI is InChI=1S/C28H20N2O3.Na/c31-28-25-19-21(12-11-20-13-15-24(16-14-20)30(32)33)17-18-29(25)27(23-9-5-2-6-10-23)26(28)22-7-3-1-4-8-22;/h1-19,31H;. The topological polar surface area (TPSA) is 67.8 Å². The van der Waals surface area contributed by atoms with Crippen molar-refractivity contribution in [2.75, 3.05) is 0 Å². The first kappa shape index (κ1) is 23.5. The van der Waals surface area contributed by atoms with Crippen molar-refractivity contribution in [3.05, 3.63) is 124 Å². The third-order valence-corrected chi connectivity index (χ3v) is 5.62. The molecule has 0 aliphatic heterocycles. The van der Waals surface area contributed by atoms with Crippen LogP contribution in [0.4, 0.5) is 5.69 Å². The fourth-order valence-corrected chi connectivity index (χ4v) is 4.02. The van der Waals surface area contributed by atoms with Gasteiger partial charge in [0.05, 0.1) is 21.7 Å². The minimum atomic E-state index is -0.411. The Morgan fingerprint density at radius 3 is 1.97 bits per heavy atom. The number of aromatic hydroxyl groups is 1. The number of hydrogen-bond donors (Lipinski definition) is 1. The zero-order valence-electron chi connectivity index (χ0n) is 18.6. The van der Waals surface area contributed by atoms with Crippen LogP contribution in [0.25, 0.3) is 40.1 Å². The Balaban J connectivity index is 0.00000274. The molecule has 161 valence electrons. The van der Waals surface area contributed by atoms with E-state index in [1.807, 2.05) is 95.5 Å². The molecular formula is C28H20N2NaO3. The number of rotatable bonds is 5. The Hall–Kier alpha value is -3.64. The van der Waals surface area contributed by atoms with Crippen molar-refractivity contribution in [1.29, 1.82) is 0 Å². The molecule has 0 amide bonds. The minimum Gasteiger partial charge on any atom is -0.505 e. The van der Waals surface area contributed by atoms with Gasteiger partial charge in [-0.1, -0.05) is 72.8 Å². The second-order valence-corrected chi connectivity index (χ2v) is 7.70. The first-order valence-corrected chi connectivity index (χ1v) is 10.5. The summed E-state index contributed by atoms with van der Waals surface area (Å²) in [7, 11) is 0. The largest absolute Gasteiger partial charge is 0.505 e. The summed E-state index contributed by atoms with van der Waals surface area (Å²) in [5.41, 5.74) is 6.22. The maximum absolute atomic E-state index is 11.3. The number of hydrogen-bond acceptors (Lipinski definition) is 3. The third-order valence-electron chi connectivity index (χ3n) is 5.62.